The first-order valence-corrected chi connectivity index (χ1v) is 10.8. The lowest BCUT2D eigenvalue weighted by Gasteiger charge is -2.26. The normalized spacial score (nSPS) is 15.3. The van der Waals surface area contributed by atoms with Gasteiger partial charge in [0.05, 0.1) is 4.90 Å². The molecule has 4 rings (SSSR count). The molecule has 0 bridgehead atoms. The van der Waals surface area contributed by atoms with Crippen molar-refractivity contribution in [2.24, 2.45) is 0 Å². The van der Waals surface area contributed by atoms with E-state index in [1.165, 1.54) is 0 Å². The van der Waals surface area contributed by atoms with E-state index < -0.39 is 16.0 Å². The molecule has 8 nitrogen and oxygen atoms in total. The molecule has 1 aliphatic heterocycles. The summed E-state index contributed by atoms with van der Waals surface area (Å²) in [7, 11) is -3.51. The minimum Gasteiger partial charge on any atom is -0.476 e. The molecule has 0 atom stereocenters. The summed E-state index contributed by atoms with van der Waals surface area (Å²) in [6.07, 6.45) is 2.84. The number of aromatic carboxylic acids is 1. The van der Waals surface area contributed by atoms with Crippen LogP contribution in [0.3, 0.4) is 0 Å². The van der Waals surface area contributed by atoms with Crippen molar-refractivity contribution < 1.29 is 18.3 Å². The van der Waals surface area contributed by atoms with Crippen molar-refractivity contribution in [1.82, 2.24) is 19.7 Å². The van der Waals surface area contributed by atoms with Gasteiger partial charge in [0.15, 0.2) is 5.69 Å². The molecule has 9 heteroatoms. The first-order valence-electron chi connectivity index (χ1n) is 9.32. The Labute approximate surface area is 168 Å². The number of rotatable bonds is 5. The van der Waals surface area contributed by atoms with E-state index in [1.54, 1.807) is 34.6 Å². The molecule has 0 radical (unpaired) electrons. The minimum absolute atomic E-state index is 0.0765. The van der Waals surface area contributed by atoms with Crippen LogP contribution in [0.4, 0.5) is 0 Å². The Morgan fingerprint density at radius 1 is 0.966 bits per heavy atom. The third-order valence-corrected chi connectivity index (χ3v) is 6.94. The number of benzene rings is 2. The second-order valence-electron chi connectivity index (χ2n) is 6.91. The van der Waals surface area contributed by atoms with Gasteiger partial charge in [-0.15, -0.1) is 5.10 Å². The van der Waals surface area contributed by atoms with Crippen LogP contribution in [0.2, 0.25) is 0 Å². The van der Waals surface area contributed by atoms with Crippen molar-refractivity contribution in [3.63, 3.8) is 0 Å². The van der Waals surface area contributed by atoms with Gasteiger partial charge in [-0.2, -0.15) is 4.31 Å². The van der Waals surface area contributed by atoms with E-state index in [4.69, 9.17) is 0 Å². The predicted molar refractivity (Wildman–Crippen MR) is 107 cm³/mol. The van der Waals surface area contributed by atoms with E-state index in [2.05, 4.69) is 15.4 Å². The third kappa shape index (κ3) is 3.79. The fraction of sp³-hybridized carbons (Fsp3) is 0.250. The van der Waals surface area contributed by atoms with Crippen LogP contribution < -0.4 is 0 Å². The number of aromatic nitrogens is 3. The van der Waals surface area contributed by atoms with Gasteiger partial charge in [0.2, 0.25) is 10.0 Å². The van der Waals surface area contributed by atoms with E-state index in [0.29, 0.717) is 18.7 Å². The minimum atomic E-state index is -3.51. The van der Waals surface area contributed by atoms with Gasteiger partial charge in [-0.3, -0.25) is 5.10 Å². The lowest BCUT2D eigenvalue weighted by atomic mass is 10.0. The maximum atomic E-state index is 12.9. The van der Waals surface area contributed by atoms with Crippen LogP contribution in [-0.2, 0) is 10.0 Å². The molecule has 0 saturated carbocycles. The number of piperidine rings is 1. The van der Waals surface area contributed by atoms with Crippen molar-refractivity contribution in [3.8, 4) is 22.4 Å². The molecule has 2 N–H and O–H groups in total. The quantitative estimate of drug-likeness (QED) is 0.665. The first kappa shape index (κ1) is 19.3. The summed E-state index contributed by atoms with van der Waals surface area (Å²) >= 11 is 0. The van der Waals surface area contributed by atoms with Crippen molar-refractivity contribution in [2.75, 3.05) is 13.1 Å². The lowest BCUT2D eigenvalue weighted by molar-refractivity contribution is 0.0691. The van der Waals surface area contributed by atoms with Gasteiger partial charge in [0.25, 0.3) is 0 Å². The summed E-state index contributed by atoms with van der Waals surface area (Å²) in [5.74, 6) is -1.13. The number of nitrogens with zero attached hydrogens (tertiary/aromatic N) is 3. The molecule has 2 aromatic carbocycles. The predicted octanol–water partition coefficient (Wildman–Crippen LogP) is 3.01. The second kappa shape index (κ2) is 7.76. The molecule has 1 aromatic heterocycles. The molecule has 0 aliphatic carbocycles. The van der Waals surface area contributed by atoms with Gasteiger partial charge >= 0.3 is 5.97 Å². The van der Waals surface area contributed by atoms with E-state index in [1.807, 2.05) is 18.2 Å². The number of hydrogen-bond donors (Lipinski definition) is 2. The van der Waals surface area contributed by atoms with E-state index in [-0.39, 0.29) is 16.3 Å². The summed E-state index contributed by atoms with van der Waals surface area (Å²) in [4.78, 5) is 11.5. The number of sulfonamides is 1. The van der Waals surface area contributed by atoms with Crippen LogP contribution in [0, 0.1) is 0 Å². The van der Waals surface area contributed by atoms with Crippen molar-refractivity contribution in [2.45, 2.75) is 24.2 Å². The van der Waals surface area contributed by atoms with Crippen molar-refractivity contribution >= 4 is 16.0 Å². The average Bonchev–Trinajstić information content (AvgIpc) is 3.25. The zero-order chi connectivity index (χ0) is 20.4. The van der Waals surface area contributed by atoms with Crippen LogP contribution in [0.1, 0.15) is 29.8 Å². The first-order chi connectivity index (χ1) is 14.0. The van der Waals surface area contributed by atoms with Gasteiger partial charge in [-0.1, -0.05) is 48.0 Å². The molecule has 1 saturated heterocycles. The summed E-state index contributed by atoms with van der Waals surface area (Å²) in [6.45, 7) is 1.12. The Hall–Kier alpha value is -3.04. The van der Waals surface area contributed by atoms with Crippen molar-refractivity contribution in [3.05, 3.63) is 54.2 Å². The average molecular weight is 412 g/mol. The smallest absolute Gasteiger partial charge is 0.356 e. The Kier molecular flexibility index (Phi) is 5.16. The monoisotopic (exact) mass is 412 g/mol. The number of carboxylic acids is 1. The van der Waals surface area contributed by atoms with Crippen LogP contribution >= 0.6 is 0 Å². The molecule has 0 spiro atoms. The fourth-order valence-corrected chi connectivity index (χ4v) is 5.05. The number of aromatic amines is 1. The van der Waals surface area contributed by atoms with Crippen molar-refractivity contribution in [1.29, 1.82) is 0 Å². The molecule has 0 unspecified atom stereocenters. The number of carboxylic acid groups (broad SMARTS) is 1. The Balaban J connectivity index is 1.63. The van der Waals surface area contributed by atoms with Crippen LogP contribution in [0.15, 0.2) is 53.4 Å². The van der Waals surface area contributed by atoms with E-state index in [9.17, 15) is 18.3 Å². The summed E-state index contributed by atoms with van der Waals surface area (Å²) < 4.78 is 27.4. The van der Waals surface area contributed by atoms with Gasteiger partial charge in [-0.05, 0) is 36.1 Å². The van der Waals surface area contributed by atoms with Crippen LogP contribution in [-0.4, -0.2) is 52.3 Å². The van der Waals surface area contributed by atoms with Gasteiger partial charge in [0, 0.05) is 18.7 Å². The Bertz CT molecular complexity index is 1130. The van der Waals surface area contributed by atoms with Gasteiger partial charge in [0.1, 0.15) is 5.69 Å². The Morgan fingerprint density at radius 3 is 2.34 bits per heavy atom. The van der Waals surface area contributed by atoms with E-state index >= 15 is 0 Å². The molecule has 2 heterocycles. The largest absolute Gasteiger partial charge is 0.476 e. The Morgan fingerprint density at radius 2 is 1.66 bits per heavy atom. The number of hydrogen-bond acceptors (Lipinski definition) is 5. The van der Waals surface area contributed by atoms with Gasteiger partial charge < -0.3 is 5.11 Å². The zero-order valence-corrected chi connectivity index (χ0v) is 16.4. The SMILES string of the molecule is O=C(O)c1[nH]nnc1-c1ccc(-c2cccc(S(=O)(=O)N3CCCCC3)c2)cc1. The summed E-state index contributed by atoms with van der Waals surface area (Å²) in [5, 5.41) is 19.0. The molecule has 1 fully saturated rings. The molecule has 3 aromatic rings. The highest BCUT2D eigenvalue weighted by molar-refractivity contribution is 7.89. The van der Waals surface area contributed by atoms with Crippen LogP contribution in [0.5, 0.6) is 0 Å². The molecule has 150 valence electrons. The number of nitrogens with one attached hydrogen (secondary N) is 1. The summed E-state index contributed by atoms with van der Waals surface area (Å²) in [5.41, 5.74) is 2.38. The standard InChI is InChI=1S/C20H20N4O4S/c25-20(26)19-18(21-23-22-19)15-9-7-14(8-10-15)16-5-4-6-17(13-16)29(27,28)24-11-2-1-3-12-24/h4-10,13H,1-3,11-12H2,(H,25,26)(H,21,22,23). The highest BCUT2D eigenvalue weighted by atomic mass is 32.2. The maximum Gasteiger partial charge on any atom is 0.356 e. The number of carbonyl (C=O) groups is 1. The lowest BCUT2D eigenvalue weighted by Crippen LogP contribution is -2.35. The second-order valence-corrected chi connectivity index (χ2v) is 8.85. The maximum absolute atomic E-state index is 12.9. The van der Waals surface area contributed by atoms with Crippen LogP contribution in [0.25, 0.3) is 22.4 Å². The highest BCUT2D eigenvalue weighted by Crippen LogP contribution is 2.28. The molecular formula is C20H20N4O4S. The molecule has 0 amide bonds. The van der Waals surface area contributed by atoms with E-state index in [0.717, 1.165) is 30.4 Å². The molecule has 29 heavy (non-hydrogen) atoms. The topological polar surface area (TPSA) is 116 Å². The summed E-state index contributed by atoms with van der Waals surface area (Å²) in [6, 6.07) is 14.0. The molecular weight excluding hydrogens is 392 g/mol. The fourth-order valence-electron chi connectivity index (χ4n) is 3.49. The highest BCUT2D eigenvalue weighted by Gasteiger charge is 2.26. The third-order valence-electron chi connectivity index (χ3n) is 5.04. The number of H-pyrrole nitrogens is 1. The van der Waals surface area contributed by atoms with Gasteiger partial charge in [-0.25, -0.2) is 13.2 Å². The zero-order valence-electron chi connectivity index (χ0n) is 15.6. The molecule has 1 aliphatic rings.